The Morgan fingerprint density at radius 3 is 2.57 bits per heavy atom. The molecule has 1 fully saturated rings. The highest BCUT2D eigenvalue weighted by Gasteiger charge is 2.26. The van der Waals surface area contributed by atoms with Gasteiger partial charge >= 0.3 is 6.03 Å². The van der Waals surface area contributed by atoms with Gasteiger partial charge in [0.25, 0.3) is 0 Å². The lowest BCUT2D eigenvalue weighted by molar-refractivity contribution is -0.119. The maximum Gasteiger partial charge on any atom is 0.318 e. The highest BCUT2D eigenvalue weighted by Crippen LogP contribution is 2.26. The fraction of sp³-hybridized carbons (Fsp3) is 0.636. The molecule has 30 heavy (non-hydrogen) atoms. The monoisotopic (exact) mass is 420 g/mol. The van der Waals surface area contributed by atoms with E-state index in [2.05, 4.69) is 10.6 Å². The van der Waals surface area contributed by atoms with E-state index in [1.54, 1.807) is 4.90 Å². The summed E-state index contributed by atoms with van der Waals surface area (Å²) in [7, 11) is 5.40. The SMILES string of the molecule is COCC(=O)Nc1ccc(N(C)C)c(CN(CC2CCCO2)C(=O)NC(C)(C)C)c1. The van der Waals surface area contributed by atoms with E-state index in [0.717, 1.165) is 30.7 Å². The summed E-state index contributed by atoms with van der Waals surface area (Å²) < 4.78 is 10.7. The van der Waals surface area contributed by atoms with E-state index >= 15 is 0 Å². The lowest BCUT2D eigenvalue weighted by Crippen LogP contribution is -2.50. The first-order chi connectivity index (χ1) is 14.1. The molecule has 0 spiro atoms. The quantitative estimate of drug-likeness (QED) is 0.676. The van der Waals surface area contributed by atoms with Gasteiger partial charge in [0.15, 0.2) is 0 Å². The largest absolute Gasteiger partial charge is 0.377 e. The number of hydrogen-bond donors (Lipinski definition) is 2. The molecular weight excluding hydrogens is 384 g/mol. The zero-order chi connectivity index (χ0) is 22.3. The molecule has 1 unspecified atom stereocenters. The minimum Gasteiger partial charge on any atom is -0.377 e. The fourth-order valence-electron chi connectivity index (χ4n) is 3.41. The van der Waals surface area contributed by atoms with Crippen molar-refractivity contribution in [1.29, 1.82) is 0 Å². The van der Waals surface area contributed by atoms with Crippen LogP contribution in [0.2, 0.25) is 0 Å². The molecule has 1 atom stereocenters. The Balaban J connectivity index is 2.27. The van der Waals surface area contributed by atoms with Gasteiger partial charge < -0.3 is 29.9 Å². The van der Waals surface area contributed by atoms with Crippen molar-refractivity contribution in [2.24, 2.45) is 0 Å². The number of hydrogen-bond acceptors (Lipinski definition) is 5. The highest BCUT2D eigenvalue weighted by molar-refractivity contribution is 5.92. The van der Waals surface area contributed by atoms with Crippen LogP contribution in [0.15, 0.2) is 18.2 Å². The zero-order valence-electron chi connectivity index (χ0n) is 19.1. The summed E-state index contributed by atoms with van der Waals surface area (Å²) in [5.74, 6) is -0.220. The van der Waals surface area contributed by atoms with Gasteiger partial charge in [-0.1, -0.05) is 0 Å². The van der Waals surface area contributed by atoms with Gasteiger partial charge in [-0.3, -0.25) is 4.79 Å². The molecule has 0 aliphatic carbocycles. The standard InChI is InChI=1S/C22H36N4O4/c1-22(2,3)24-21(28)26(14-18-8-7-11-30-18)13-16-12-17(23-20(27)15-29-6)9-10-19(16)25(4)5/h9-10,12,18H,7-8,11,13-15H2,1-6H3,(H,23,27)(H,24,28). The third kappa shape index (κ3) is 7.50. The molecule has 8 nitrogen and oxygen atoms in total. The van der Waals surface area contributed by atoms with E-state index in [-0.39, 0.29) is 30.2 Å². The Morgan fingerprint density at radius 1 is 1.27 bits per heavy atom. The van der Waals surface area contributed by atoms with Crippen LogP contribution in [0.3, 0.4) is 0 Å². The number of carbonyl (C=O) groups excluding carboxylic acids is 2. The van der Waals surface area contributed by atoms with Crippen LogP contribution in [-0.2, 0) is 20.8 Å². The molecule has 1 saturated heterocycles. The molecule has 1 aromatic carbocycles. The van der Waals surface area contributed by atoms with Crippen LogP contribution in [0.1, 0.15) is 39.2 Å². The fourth-order valence-corrected chi connectivity index (χ4v) is 3.41. The van der Waals surface area contributed by atoms with Crippen LogP contribution < -0.4 is 15.5 Å². The summed E-state index contributed by atoms with van der Waals surface area (Å²) in [6.07, 6.45) is 2.01. The van der Waals surface area contributed by atoms with Crippen molar-refractivity contribution in [3.63, 3.8) is 0 Å². The van der Waals surface area contributed by atoms with Gasteiger partial charge in [0.2, 0.25) is 5.91 Å². The molecule has 0 aromatic heterocycles. The summed E-state index contributed by atoms with van der Waals surface area (Å²) in [4.78, 5) is 28.8. The lowest BCUT2D eigenvalue weighted by Gasteiger charge is -2.31. The van der Waals surface area contributed by atoms with Gasteiger partial charge in [0.05, 0.1) is 6.10 Å². The minimum atomic E-state index is -0.341. The van der Waals surface area contributed by atoms with E-state index in [1.165, 1.54) is 7.11 Å². The van der Waals surface area contributed by atoms with Crippen LogP contribution in [0.5, 0.6) is 0 Å². The van der Waals surface area contributed by atoms with Gasteiger partial charge in [-0.15, -0.1) is 0 Å². The van der Waals surface area contributed by atoms with Crippen LogP contribution in [0.25, 0.3) is 0 Å². The van der Waals surface area contributed by atoms with Crippen molar-refractivity contribution >= 4 is 23.3 Å². The van der Waals surface area contributed by atoms with Crippen molar-refractivity contribution in [1.82, 2.24) is 10.2 Å². The number of benzene rings is 1. The molecule has 1 aliphatic rings. The highest BCUT2D eigenvalue weighted by atomic mass is 16.5. The van der Waals surface area contributed by atoms with E-state index in [0.29, 0.717) is 18.8 Å². The van der Waals surface area contributed by atoms with Gasteiger partial charge in [0, 0.05) is 57.8 Å². The Labute approximate surface area is 179 Å². The Hall–Kier alpha value is -2.32. The van der Waals surface area contributed by atoms with Crippen LogP contribution in [-0.4, -0.2) is 69.4 Å². The van der Waals surface area contributed by atoms with Gasteiger partial charge in [0.1, 0.15) is 6.61 Å². The molecule has 1 heterocycles. The van der Waals surface area contributed by atoms with Gasteiger partial charge in [-0.2, -0.15) is 0 Å². The van der Waals surface area contributed by atoms with Crippen LogP contribution in [0, 0.1) is 0 Å². The van der Waals surface area contributed by atoms with E-state index < -0.39 is 0 Å². The van der Waals surface area contributed by atoms with Crippen molar-refractivity contribution < 1.29 is 19.1 Å². The number of carbonyl (C=O) groups is 2. The molecule has 2 rings (SSSR count). The van der Waals surface area contributed by atoms with Gasteiger partial charge in [-0.25, -0.2) is 4.79 Å². The second kappa shape index (κ2) is 10.6. The molecule has 8 heteroatoms. The Bertz CT molecular complexity index is 724. The molecule has 3 amide bonds. The predicted octanol–water partition coefficient (Wildman–Crippen LogP) is 2.83. The molecule has 1 aliphatic heterocycles. The molecule has 1 aromatic rings. The number of methoxy groups -OCH3 is 1. The molecule has 0 saturated carbocycles. The van der Waals surface area contributed by atoms with Crippen LogP contribution >= 0.6 is 0 Å². The molecule has 168 valence electrons. The lowest BCUT2D eigenvalue weighted by atomic mass is 10.1. The third-order valence-electron chi connectivity index (χ3n) is 4.70. The maximum absolute atomic E-state index is 13.0. The second-order valence-electron chi connectivity index (χ2n) is 8.91. The Morgan fingerprint density at radius 2 is 2.00 bits per heavy atom. The molecule has 0 radical (unpaired) electrons. The normalized spacial score (nSPS) is 16.3. The van der Waals surface area contributed by atoms with E-state index in [9.17, 15) is 9.59 Å². The number of nitrogens with zero attached hydrogens (tertiary/aromatic N) is 2. The maximum atomic E-state index is 13.0. The topological polar surface area (TPSA) is 83.1 Å². The smallest absolute Gasteiger partial charge is 0.318 e. The average molecular weight is 421 g/mol. The second-order valence-corrected chi connectivity index (χ2v) is 8.91. The number of rotatable bonds is 8. The first-order valence-corrected chi connectivity index (χ1v) is 10.4. The molecule has 0 bridgehead atoms. The molecule has 2 N–H and O–H groups in total. The average Bonchev–Trinajstić information content (AvgIpc) is 3.13. The summed E-state index contributed by atoms with van der Waals surface area (Å²) in [6.45, 7) is 7.55. The predicted molar refractivity (Wildman–Crippen MR) is 119 cm³/mol. The summed E-state index contributed by atoms with van der Waals surface area (Å²) in [5.41, 5.74) is 2.26. The number of ether oxygens (including phenoxy) is 2. The third-order valence-corrected chi connectivity index (χ3v) is 4.70. The summed E-state index contributed by atoms with van der Waals surface area (Å²) in [6, 6.07) is 5.59. The number of amides is 3. The van der Waals surface area contributed by atoms with Crippen molar-refractivity contribution in [2.75, 3.05) is 51.2 Å². The van der Waals surface area contributed by atoms with E-state index in [4.69, 9.17) is 9.47 Å². The van der Waals surface area contributed by atoms with Crippen LogP contribution in [0.4, 0.5) is 16.2 Å². The van der Waals surface area contributed by atoms with Crippen molar-refractivity contribution in [3.05, 3.63) is 23.8 Å². The summed E-state index contributed by atoms with van der Waals surface area (Å²) in [5, 5.41) is 5.89. The number of urea groups is 1. The molecular formula is C22H36N4O4. The van der Waals surface area contributed by atoms with Gasteiger partial charge in [-0.05, 0) is 57.4 Å². The number of nitrogens with one attached hydrogen (secondary N) is 2. The first-order valence-electron chi connectivity index (χ1n) is 10.4. The number of anilines is 2. The Kier molecular flexibility index (Phi) is 8.49. The van der Waals surface area contributed by atoms with Crippen molar-refractivity contribution in [2.45, 2.75) is 51.8 Å². The summed E-state index contributed by atoms with van der Waals surface area (Å²) >= 11 is 0. The minimum absolute atomic E-state index is 0.0100. The van der Waals surface area contributed by atoms with Crippen molar-refractivity contribution in [3.8, 4) is 0 Å². The zero-order valence-corrected chi connectivity index (χ0v) is 19.1. The van der Waals surface area contributed by atoms with E-state index in [1.807, 2.05) is 58.0 Å². The first kappa shape index (κ1) is 24.0.